The lowest BCUT2D eigenvalue weighted by Gasteiger charge is -2.32. The molecule has 2 N–H and O–H groups in total. The number of benzene rings is 5. The third kappa shape index (κ3) is 9.48. The molecule has 19 heteroatoms. The van der Waals surface area contributed by atoms with Crippen LogP contribution < -0.4 is 24.2 Å². The van der Waals surface area contributed by atoms with Crippen LogP contribution in [0.1, 0.15) is 11.3 Å². The number of halogens is 2. The molecule has 16 nitrogen and oxygen atoms in total. The number of methoxy groups -OCH3 is 1. The minimum absolute atomic E-state index is 0.0421. The lowest BCUT2D eigenvalue weighted by Crippen LogP contribution is -2.47. The predicted molar refractivity (Wildman–Crippen MR) is 257 cm³/mol. The van der Waals surface area contributed by atoms with Crippen molar-refractivity contribution in [3.8, 4) is 28.6 Å². The number of ether oxygens (including phenoxy) is 3. The van der Waals surface area contributed by atoms with Crippen molar-refractivity contribution < 1.29 is 31.8 Å². The van der Waals surface area contributed by atoms with E-state index in [1.54, 1.807) is 60.3 Å². The van der Waals surface area contributed by atoms with Gasteiger partial charge in [0.15, 0.2) is 11.6 Å². The minimum Gasteiger partial charge on any atom is -0.496 e. The van der Waals surface area contributed by atoms with Crippen LogP contribution in [0, 0.1) is 5.82 Å². The van der Waals surface area contributed by atoms with E-state index in [0.29, 0.717) is 78.4 Å². The van der Waals surface area contributed by atoms with E-state index in [4.69, 9.17) is 30.8 Å². The molecule has 1 amide bonds. The van der Waals surface area contributed by atoms with Crippen molar-refractivity contribution >= 4 is 71.4 Å². The lowest BCUT2D eigenvalue weighted by atomic mass is 9.95. The highest BCUT2D eigenvalue weighted by atomic mass is 35.5. The average Bonchev–Trinajstić information content (AvgIpc) is 3.73. The molecule has 67 heavy (non-hydrogen) atoms. The summed E-state index contributed by atoms with van der Waals surface area (Å²) in [6, 6.07) is 23.4. The number of fused-ring (bicyclic) bond motifs is 8. The summed E-state index contributed by atoms with van der Waals surface area (Å²) < 4.78 is 64.3. The fraction of sp³-hybridized carbons (Fsp3) is 0.271. The Bertz CT molecular complexity index is 3260. The predicted octanol–water partition coefficient (Wildman–Crippen LogP) is 6.60. The molecule has 1 unspecified atom stereocenters. The maximum Gasteiger partial charge on any atom is 0.303 e. The van der Waals surface area contributed by atoms with Crippen LogP contribution in [0.5, 0.6) is 17.2 Å². The molecule has 1 saturated heterocycles. The number of nitrogens with one attached hydrogen (secondary N) is 2. The smallest absolute Gasteiger partial charge is 0.303 e. The first kappa shape index (κ1) is 45.5. The van der Waals surface area contributed by atoms with E-state index in [0.717, 1.165) is 48.0 Å². The van der Waals surface area contributed by atoms with Crippen LogP contribution in [0.4, 0.5) is 10.2 Å². The molecule has 0 bridgehead atoms. The number of hydrogen-bond donors (Lipinski definition) is 2. The van der Waals surface area contributed by atoms with Gasteiger partial charge in [0.25, 0.3) is 5.91 Å². The van der Waals surface area contributed by atoms with E-state index in [2.05, 4.69) is 42.0 Å². The molecule has 4 heterocycles. The summed E-state index contributed by atoms with van der Waals surface area (Å²) in [6.07, 6.45) is 4.75. The number of anilines is 1. The summed E-state index contributed by atoms with van der Waals surface area (Å²) in [6.45, 7) is 5.04. The Morgan fingerprint density at radius 1 is 0.881 bits per heavy atom. The van der Waals surface area contributed by atoms with Gasteiger partial charge in [-0.15, -0.1) is 0 Å². The van der Waals surface area contributed by atoms with Crippen LogP contribution in [-0.4, -0.2) is 127 Å². The van der Waals surface area contributed by atoms with Gasteiger partial charge >= 0.3 is 10.2 Å². The molecule has 1 fully saturated rings. The van der Waals surface area contributed by atoms with Crippen molar-refractivity contribution in [3.05, 3.63) is 126 Å². The summed E-state index contributed by atoms with van der Waals surface area (Å²) in [7, 11) is 2.12. The Hall–Kier alpha value is -6.70. The topological polar surface area (TPSA) is 169 Å². The number of amides is 1. The van der Waals surface area contributed by atoms with Gasteiger partial charge in [-0.2, -0.15) is 17.8 Å². The Morgan fingerprint density at radius 2 is 1.64 bits per heavy atom. The van der Waals surface area contributed by atoms with Crippen LogP contribution in [0.25, 0.3) is 49.2 Å². The van der Waals surface area contributed by atoms with E-state index in [9.17, 15) is 13.2 Å². The summed E-state index contributed by atoms with van der Waals surface area (Å²) in [5, 5.41) is 12.1. The zero-order valence-corrected chi connectivity index (χ0v) is 38.8. The second-order valence-corrected chi connectivity index (χ2v) is 18.7. The number of likely N-dealkylation sites (N-methyl/N-ethyl adjacent to an activating group) is 1. The highest BCUT2D eigenvalue weighted by Crippen LogP contribution is 2.45. The second kappa shape index (κ2) is 19.3. The molecule has 1 aliphatic rings. The maximum absolute atomic E-state index is 15.1. The molecule has 0 radical (unpaired) electrons. The lowest BCUT2D eigenvalue weighted by molar-refractivity contribution is -0.120. The molecule has 1 atom stereocenters. The number of nitrogens with zero attached hydrogens (tertiary/aromatic N) is 8. The van der Waals surface area contributed by atoms with E-state index >= 15 is 4.39 Å². The van der Waals surface area contributed by atoms with Gasteiger partial charge in [0, 0.05) is 81.8 Å². The second-order valence-electron chi connectivity index (χ2n) is 16.4. The van der Waals surface area contributed by atoms with Crippen molar-refractivity contribution in [2.24, 2.45) is 0 Å². The molecule has 1 aliphatic heterocycles. The van der Waals surface area contributed by atoms with Crippen molar-refractivity contribution in [2.45, 2.75) is 19.1 Å². The first-order valence-corrected chi connectivity index (χ1v) is 23.4. The van der Waals surface area contributed by atoms with Gasteiger partial charge in [-0.25, -0.2) is 28.6 Å². The summed E-state index contributed by atoms with van der Waals surface area (Å²) in [5.41, 5.74) is 2.37. The van der Waals surface area contributed by atoms with Gasteiger partial charge in [-0.3, -0.25) is 9.69 Å². The number of piperazine rings is 1. The monoisotopic (exact) mass is 946 g/mol. The third-order valence-corrected chi connectivity index (χ3v) is 13.7. The molecular formula is C48H48ClFN10O6S. The van der Waals surface area contributed by atoms with Crippen LogP contribution in [0.3, 0.4) is 0 Å². The number of rotatable bonds is 16. The number of carbonyl (C=O) groups excluding carboxylic acids is 1. The molecule has 346 valence electrons. The maximum atomic E-state index is 15.1. The van der Waals surface area contributed by atoms with Gasteiger partial charge in [0.05, 0.1) is 23.4 Å². The van der Waals surface area contributed by atoms with Gasteiger partial charge in [0.2, 0.25) is 0 Å². The Labute approximate surface area is 391 Å². The largest absolute Gasteiger partial charge is 0.496 e. The number of carbonyl (C=O) groups is 1. The van der Waals surface area contributed by atoms with E-state index in [1.165, 1.54) is 32.6 Å². The standard InChI is InChI=1S/C48H48ClFN10O6S/c1-57(2)67(62,63)56-48(61)38(25-30-9-5-7-11-39(30)66-28-32-17-18-51-46(54-32)34-10-6-8-12-40(34)64-4)55-47-45-43-35-15-16-41(65-24-23-59-21-19-58(3)20-22-59)44(49)42(35)36-26-31(50)13-14-33(36)37(43)27-60(45)53-29-52-47/h5-18,26-27,29,38H,19-25,28H2,1-4H3,(H,56,61)(H,52,53,55). The van der Waals surface area contributed by atoms with Crippen molar-refractivity contribution in [3.63, 3.8) is 0 Å². The van der Waals surface area contributed by atoms with Crippen molar-refractivity contribution in [1.29, 1.82) is 0 Å². The first-order valence-electron chi connectivity index (χ1n) is 21.6. The summed E-state index contributed by atoms with van der Waals surface area (Å²) >= 11 is 7.24. The highest BCUT2D eigenvalue weighted by Gasteiger charge is 2.29. The molecule has 0 aliphatic carbocycles. The zero-order chi connectivity index (χ0) is 46.8. The fourth-order valence-corrected chi connectivity index (χ4v) is 9.23. The van der Waals surface area contributed by atoms with Gasteiger partial charge in [0.1, 0.15) is 54.2 Å². The zero-order valence-electron chi connectivity index (χ0n) is 37.2. The number of hydrogen-bond acceptors (Lipinski definition) is 13. The fourth-order valence-electron chi connectivity index (χ4n) is 8.33. The van der Waals surface area contributed by atoms with Crippen molar-refractivity contribution in [1.82, 2.24) is 43.4 Å². The highest BCUT2D eigenvalue weighted by molar-refractivity contribution is 7.87. The average molecular weight is 947 g/mol. The van der Waals surface area contributed by atoms with Crippen molar-refractivity contribution in [2.75, 3.05) is 72.9 Å². The quantitative estimate of drug-likeness (QED) is 0.0996. The van der Waals surface area contributed by atoms with E-state index in [-0.39, 0.29) is 18.8 Å². The Kier molecular flexibility index (Phi) is 13.1. The van der Waals surface area contributed by atoms with E-state index in [1.807, 2.05) is 36.5 Å². The first-order chi connectivity index (χ1) is 32.4. The van der Waals surface area contributed by atoms with Gasteiger partial charge < -0.3 is 24.4 Å². The molecule has 9 rings (SSSR count). The van der Waals surface area contributed by atoms with Gasteiger partial charge in [-0.05, 0) is 77.3 Å². The van der Waals surface area contributed by atoms with Crippen LogP contribution in [-0.2, 0) is 28.0 Å². The summed E-state index contributed by atoms with van der Waals surface area (Å²) in [4.78, 5) is 32.7. The van der Waals surface area contributed by atoms with Crippen LogP contribution >= 0.6 is 11.6 Å². The van der Waals surface area contributed by atoms with Crippen LogP contribution in [0.15, 0.2) is 104 Å². The Morgan fingerprint density at radius 3 is 2.43 bits per heavy atom. The SMILES string of the molecule is COc1ccccc1-c1nccc(COc2ccccc2CC(Nc2ncnn3cc4c5ccc(F)cc5c5c(Cl)c(OCCN6CCN(C)CC6)ccc5c4c23)C(=O)NS(=O)(=O)N(C)C)n1. The Balaban J connectivity index is 1.08. The summed E-state index contributed by atoms with van der Waals surface area (Å²) in [5.74, 6) is 0.934. The molecule has 8 aromatic rings. The molecule has 0 spiro atoms. The molecule has 3 aromatic heterocycles. The van der Waals surface area contributed by atoms with Gasteiger partial charge in [-0.1, -0.05) is 48.0 Å². The normalized spacial score (nSPS) is 14.3. The van der Waals surface area contributed by atoms with Crippen LogP contribution in [0.2, 0.25) is 5.02 Å². The van der Waals surface area contributed by atoms with E-state index < -0.39 is 28.0 Å². The minimum atomic E-state index is -4.22. The molecule has 0 saturated carbocycles. The molecule has 5 aromatic carbocycles. The number of para-hydroxylation sites is 2. The number of aromatic nitrogens is 5. The third-order valence-electron chi connectivity index (χ3n) is 11.9. The molecular weight excluding hydrogens is 899 g/mol.